The molecule has 1 unspecified atom stereocenters. The van der Waals surface area contributed by atoms with E-state index in [0.717, 1.165) is 17.0 Å². The maximum Gasteiger partial charge on any atom is 0.514 e. The fourth-order valence-corrected chi connectivity index (χ4v) is 2.53. The Kier molecular flexibility index (Phi) is 6.06. The number of carboxylic acids is 1. The van der Waals surface area contributed by atoms with Gasteiger partial charge in [0.2, 0.25) is 0 Å². The van der Waals surface area contributed by atoms with E-state index in [2.05, 4.69) is 0 Å². The van der Waals surface area contributed by atoms with E-state index in [0.29, 0.717) is 0 Å². The Bertz CT molecular complexity index is 770. The molecule has 0 spiro atoms. The third-order valence-electron chi connectivity index (χ3n) is 3.69. The Morgan fingerprint density at radius 3 is 2.32 bits per heavy atom. The van der Waals surface area contributed by atoms with E-state index in [-0.39, 0.29) is 24.4 Å². The molecular formula is C17H20N2O9. The van der Waals surface area contributed by atoms with Crippen molar-refractivity contribution in [2.75, 3.05) is 6.54 Å². The minimum absolute atomic E-state index is 0.0207. The molecule has 1 N–H and O–H groups in total. The van der Waals surface area contributed by atoms with Crippen molar-refractivity contribution < 1.29 is 38.6 Å². The van der Waals surface area contributed by atoms with Crippen LogP contribution in [0.4, 0.5) is 15.3 Å². The molecule has 0 aromatic heterocycles. The van der Waals surface area contributed by atoms with Gasteiger partial charge in [0.15, 0.2) is 0 Å². The van der Waals surface area contributed by atoms with Gasteiger partial charge in [-0.15, -0.1) is 0 Å². The summed E-state index contributed by atoms with van der Waals surface area (Å²) in [6, 6.07) is 3.56. The van der Waals surface area contributed by atoms with Crippen LogP contribution in [0.5, 0.6) is 5.75 Å². The number of amides is 1. The average molecular weight is 396 g/mol. The highest BCUT2D eigenvalue weighted by Gasteiger charge is 2.43. The van der Waals surface area contributed by atoms with Crippen molar-refractivity contribution in [3.63, 3.8) is 0 Å². The quantitative estimate of drug-likeness (QED) is 0.351. The number of carboxylic acid groups (broad SMARTS) is 1. The molecule has 0 radical (unpaired) electrons. The number of hydrogen-bond acceptors (Lipinski definition) is 8. The van der Waals surface area contributed by atoms with E-state index in [1.807, 2.05) is 0 Å². The molecule has 28 heavy (non-hydrogen) atoms. The molecule has 1 fully saturated rings. The number of benzene rings is 1. The molecule has 1 aliphatic rings. The molecule has 1 amide bonds. The Morgan fingerprint density at radius 1 is 1.21 bits per heavy atom. The van der Waals surface area contributed by atoms with E-state index in [4.69, 9.17) is 14.2 Å². The van der Waals surface area contributed by atoms with Crippen molar-refractivity contribution in [3.05, 3.63) is 34.4 Å². The van der Waals surface area contributed by atoms with Gasteiger partial charge in [-0.1, -0.05) is 0 Å². The number of nitrogens with zero attached hydrogens (tertiary/aromatic N) is 2. The number of carbonyl (C=O) groups is 3. The van der Waals surface area contributed by atoms with Crippen molar-refractivity contribution >= 4 is 23.9 Å². The lowest BCUT2D eigenvalue weighted by molar-refractivity contribution is -0.384. The lowest BCUT2D eigenvalue weighted by atomic mass is 10.2. The second-order valence-corrected chi connectivity index (χ2v) is 7.07. The minimum atomic E-state index is -1.25. The molecule has 0 saturated carbocycles. The summed E-state index contributed by atoms with van der Waals surface area (Å²) in [5.41, 5.74) is -0.984. The number of carbonyl (C=O) groups excluding carboxylic acids is 2. The lowest BCUT2D eigenvalue weighted by Crippen LogP contribution is -2.43. The van der Waals surface area contributed by atoms with Crippen LogP contribution in [0, 0.1) is 10.1 Å². The SMILES string of the molecule is CC(C)(C)OC(=O)N1CC(OC(=O)Oc2ccc([N+](=O)[O-])cc2)C[C@H]1C(=O)O. The first-order valence-corrected chi connectivity index (χ1v) is 8.31. The Balaban J connectivity index is 1.97. The first kappa shape index (κ1) is 20.9. The zero-order chi connectivity index (χ0) is 21.1. The molecule has 0 bridgehead atoms. The third-order valence-corrected chi connectivity index (χ3v) is 3.69. The summed E-state index contributed by atoms with van der Waals surface area (Å²) in [7, 11) is 0. The van der Waals surface area contributed by atoms with Gasteiger partial charge in [-0.25, -0.2) is 14.4 Å². The monoisotopic (exact) mass is 396 g/mol. The second kappa shape index (κ2) is 8.11. The van der Waals surface area contributed by atoms with Crippen LogP contribution in [0.25, 0.3) is 0 Å². The number of hydrogen-bond donors (Lipinski definition) is 1. The van der Waals surface area contributed by atoms with Gasteiger partial charge >= 0.3 is 18.2 Å². The Morgan fingerprint density at radius 2 is 1.82 bits per heavy atom. The van der Waals surface area contributed by atoms with Gasteiger partial charge < -0.3 is 19.3 Å². The molecule has 1 saturated heterocycles. The van der Waals surface area contributed by atoms with Crippen LogP contribution in [0.3, 0.4) is 0 Å². The number of nitro groups is 1. The molecule has 1 heterocycles. The Hall–Kier alpha value is -3.37. The molecule has 1 aliphatic heterocycles. The van der Waals surface area contributed by atoms with Gasteiger partial charge in [0.1, 0.15) is 23.5 Å². The summed E-state index contributed by atoms with van der Waals surface area (Å²) in [5.74, 6) is -1.23. The molecule has 2 atom stereocenters. The molecule has 1 aromatic rings. The van der Waals surface area contributed by atoms with Gasteiger partial charge in [-0.05, 0) is 32.9 Å². The maximum absolute atomic E-state index is 12.2. The first-order valence-electron chi connectivity index (χ1n) is 8.31. The second-order valence-electron chi connectivity index (χ2n) is 7.07. The number of ether oxygens (including phenoxy) is 3. The van der Waals surface area contributed by atoms with Crippen molar-refractivity contribution in [2.24, 2.45) is 0 Å². The third kappa shape index (κ3) is 5.56. The zero-order valence-electron chi connectivity index (χ0n) is 15.5. The standard InChI is InChI=1S/C17H20N2O9/c1-17(2,3)28-15(22)18-9-12(8-13(18)14(20)21)27-16(23)26-11-6-4-10(5-7-11)19(24)25/h4-7,12-13H,8-9H2,1-3H3,(H,20,21)/t12?,13-/m0/s1. The van der Waals surface area contributed by atoms with Gasteiger partial charge in [0.05, 0.1) is 11.5 Å². The largest absolute Gasteiger partial charge is 0.514 e. The van der Waals surface area contributed by atoms with E-state index in [1.165, 1.54) is 12.1 Å². The number of aliphatic carboxylic acids is 1. The molecule has 11 nitrogen and oxygen atoms in total. The molecule has 1 aromatic carbocycles. The normalized spacial score (nSPS) is 19.0. The molecule has 0 aliphatic carbocycles. The summed E-state index contributed by atoms with van der Waals surface area (Å²) in [6.45, 7) is 4.77. The fraction of sp³-hybridized carbons (Fsp3) is 0.471. The molecule has 11 heteroatoms. The van der Waals surface area contributed by atoms with Crippen molar-refractivity contribution in [1.82, 2.24) is 4.90 Å². The summed E-state index contributed by atoms with van der Waals surface area (Å²) < 4.78 is 15.2. The van der Waals surface area contributed by atoms with Gasteiger partial charge in [-0.3, -0.25) is 15.0 Å². The number of nitro benzene ring substituents is 1. The zero-order valence-corrected chi connectivity index (χ0v) is 15.5. The predicted octanol–water partition coefficient (Wildman–Crippen LogP) is 2.57. The van der Waals surface area contributed by atoms with Gasteiger partial charge in [-0.2, -0.15) is 0 Å². The van der Waals surface area contributed by atoms with E-state index >= 15 is 0 Å². The average Bonchev–Trinajstić information content (AvgIpc) is 2.98. The van der Waals surface area contributed by atoms with Gasteiger partial charge in [0, 0.05) is 18.6 Å². The van der Waals surface area contributed by atoms with E-state index in [9.17, 15) is 29.6 Å². The van der Waals surface area contributed by atoms with Crippen molar-refractivity contribution in [2.45, 2.75) is 44.9 Å². The number of rotatable bonds is 4. The van der Waals surface area contributed by atoms with Crippen molar-refractivity contribution in [1.29, 1.82) is 0 Å². The maximum atomic E-state index is 12.2. The number of non-ortho nitro benzene ring substituents is 1. The topological polar surface area (TPSA) is 146 Å². The Labute approximate surface area is 159 Å². The van der Waals surface area contributed by atoms with Crippen LogP contribution >= 0.6 is 0 Å². The summed E-state index contributed by atoms with van der Waals surface area (Å²) in [4.78, 5) is 46.5. The molecular weight excluding hydrogens is 376 g/mol. The van der Waals surface area contributed by atoms with Crippen LogP contribution in [0.15, 0.2) is 24.3 Å². The first-order chi connectivity index (χ1) is 13.0. The van der Waals surface area contributed by atoms with Gasteiger partial charge in [0.25, 0.3) is 5.69 Å². The van der Waals surface area contributed by atoms with Crippen LogP contribution in [-0.2, 0) is 14.3 Å². The highest BCUT2D eigenvalue weighted by Crippen LogP contribution is 2.24. The van der Waals surface area contributed by atoms with Crippen molar-refractivity contribution in [3.8, 4) is 5.75 Å². The smallest absolute Gasteiger partial charge is 0.480 e. The van der Waals surface area contributed by atoms with Crippen LogP contribution in [0.1, 0.15) is 27.2 Å². The molecule has 152 valence electrons. The fourth-order valence-electron chi connectivity index (χ4n) is 2.53. The highest BCUT2D eigenvalue weighted by atomic mass is 16.7. The summed E-state index contributed by atoms with van der Waals surface area (Å²) in [5, 5.41) is 19.9. The van der Waals surface area contributed by atoms with E-state index < -0.39 is 40.9 Å². The van der Waals surface area contributed by atoms with Crippen LogP contribution in [-0.4, -0.2) is 57.4 Å². The minimum Gasteiger partial charge on any atom is -0.480 e. The summed E-state index contributed by atoms with van der Waals surface area (Å²) in [6.07, 6.45) is -2.97. The summed E-state index contributed by atoms with van der Waals surface area (Å²) >= 11 is 0. The van der Waals surface area contributed by atoms with Crippen LogP contribution < -0.4 is 4.74 Å². The predicted molar refractivity (Wildman–Crippen MR) is 93.0 cm³/mol. The van der Waals surface area contributed by atoms with Crippen LogP contribution in [0.2, 0.25) is 0 Å². The lowest BCUT2D eigenvalue weighted by Gasteiger charge is -2.26. The highest BCUT2D eigenvalue weighted by molar-refractivity contribution is 5.81. The van der Waals surface area contributed by atoms with E-state index in [1.54, 1.807) is 20.8 Å². The molecule has 2 rings (SSSR count). The number of likely N-dealkylation sites (tertiary alicyclic amines) is 1.